The van der Waals surface area contributed by atoms with Crippen LogP contribution in [0.5, 0.6) is 0 Å². The van der Waals surface area contributed by atoms with Crippen molar-refractivity contribution in [1.29, 1.82) is 0 Å². The van der Waals surface area contributed by atoms with E-state index in [-0.39, 0.29) is 6.10 Å². The molecule has 0 spiro atoms. The van der Waals surface area contributed by atoms with Gasteiger partial charge >= 0.3 is 0 Å². The molecule has 0 bridgehead atoms. The van der Waals surface area contributed by atoms with Crippen LogP contribution in [0.1, 0.15) is 39.0 Å². The van der Waals surface area contributed by atoms with Crippen molar-refractivity contribution in [1.82, 2.24) is 4.90 Å². The first-order valence-electron chi connectivity index (χ1n) is 5.71. The van der Waals surface area contributed by atoms with E-state index in [2.05, 4.69) is 11.8 Å². The summed E-state index contributed by atoms with van der Waals surface area (Å²) in [5.74, 6) is 0.696. The van der Waals surface area contributed by atoms with Crippen LogP contribution in [-0.2, 0) is 0 Å². The Morgan fingerprint density at radius 2 is 1.77 bits per heavy atom. The Balaban J connectivity index is 2.00. The molecule has 0 radical (unpaired) electrons. The number of hydrogen-bond acceptors (Lipinski definition) is 2. The molecule has 0 aromatic carbocycles. The molecule has 0 aromatic rings. The van der Waals surface area contributed by atoms with Crippen LogP contribution < -0.4 is 0 Å². The van der Waals surface area contributed by atoms with E-state index < -0.39 is 0 Å². The first-order chi connectivity index (χ1) is 6.29. The molecule has 76 valence electrons. The highest BCUT2D eigenvalue weighted by Crippen LogP contribution is 2.30. The van der Waals surface area contributed by atoms with Gasteiger partial charge in [0, 0.05) is 6.04 Å². The first-order valence-corrected chi connectivity index (χ1v) is 5.71. The zero-order valence-electron chi connectivity index (χ0n) is 8.58. The second-order valence-corrected chi connectivity index (χ2v) is 4.71. The number of nitrogens with zero attached hydrogens (tertiary/aromatic N) is 1. The lowest BCUT2D eigenvalue weighted by Crippen LogP contribution is -2.48. The fourth-order valence-corrected chi connectivity index (χ4v) is 3.01. The minimum atomic E-state index is -0.0538. The Hall–Kier alpha value is -0.0800. The van der Waals surface area contributed by atoms with Gasteiger partial charge in [-0.2, -0.15) is 0 Å². The van der Waals surface area contributed by atoms with Gasteiger partial charge in [-0.25, -0.2) is 0 Å². The van der Waals surface area contributed by atoms with Gasteiger partial charge in [0.15, 0.2) is 0 Å². The van der Waals surface area contributed by atoms with Crippen molar-refractivity contribution in [3.8, 4) is 0 Å². The van der Waals surface area contributed by atoms with E-state index in [0.717, 1.165) is 6.42 Å². The molecule has 2 heteroatoms. The second kappa shape index (κ2) is 3.97. The Morgan fingerprint density at radius 1 is 1.08 bits per heavy atom. The van der Waals surface area contributed by atoms with E-state index in [1.54, 1.807) is 0 Å². The van der Waals surface area contributed by atoms with Gasteiger partial charge < -0.3 is 5.11 Å². The second-order valence-electron chi connectivity index (χ2n) is 4.71. The number of rotatable bonds is 1. The maximum atomic E-state index is 9.96. The van der Waals surface area contributed by atoms with Gasteiger partial charge in [-0.05, 0) is 44.7 Å². The van der Waals surface area contributed by atoms with Crippen LogP contribution in [0.4, 0.5) is 0 Å². The Labute approximate surface area is 80.9 Å². The lowest BCUT2D eigenvalue weighted by Gasteiger charge is -2.39. The lowest BCUT2D eigenvalue weighted by molar-refractivity contribution is 0.00189. The zero-order chi connectivity index (χ0) is 9.26. The molecule has 3 atom stereocenters. The summed E-state index contributed by atoms with van der Waals surface area (Å²) in [5.41, 5.74) is 0. The van der Waals surface area contributed by atoms with Crippen molar-refractivity contribution in [3.63, 3.8) is 0 Å². The zero-order valence-corrected chi connectivity index (χ0v) is 8.58. The molecule has 1 aliphatic heterocycles. The highest BCUT2D eigenvalue weighted by atomic mass is 16.3. The molecular formula is C11H21NO. The van der Waals surface area contributed by atoms with Crippen LogP contribution >= 0.6 is 0 Å². The molecule has 2 nitrogen and oxygen atoms in total. The Kier molecular flexibility index (Phi) is 2.89. The predicted molar refractivity (Wildman–Crippen MR) is 53.6 cm³/mol. The van der Waals surface area contributed by atoms with Gasteiger partial charge in [-0.15, -0.1) is 0 Å². The van der Waals surface area contributed by atoms with E-state index in [1.165, 1.54) is 38.8 Å². The fraction of sp³-hybridized carbons (Fsp3) is 1.00. The summed E-state index contributed by atoms with van der Waals surface area (Å²) >= 11 is 0. The summed E-state index contributed by atoms with van der Waals surface area (Å²) in [7, 11) is 0. The normalized spacial score (nSPS) is 42.5. The summed E-state index contributed by atoms with van der Waals surface area (Å²) in [6.45, 7) is 4.73. The van der Waals surface area contributed by atoms with Crippen molar-refractivity contribution in [2.75, 3.05) is 13.1 Å². The van der Waals surface area contributed by atoms with Crippen molar-refractivity contribution >= 4 is 0 Å². The van der Waals surface area contributed by atoms with Gasteiger partial charge in [0.25, 0.3) is 0 Å². The quantitative estimate of drug-likeness (QED) is 0.668. The standard InChI is InChI=1S/C11H21NO/c1-9-5-4-6-10(13)11(9)12-7-2-3-8-12/h9-11,13H,2-8H2,1H3/t9-,10+,11+/m1/s1. The number of aliphatic hydroxyl groups is 1. The number of hydrogen-bond donors (Lipinski definition) is 1. The summed E-state index contributed by atoms with van der Waals surface area (Å²) in [6.07, 6.45) is 6.14. The van der Waals surface area contributed by atoms with Gasteiger partial charge in [-0.1, -0.05) is 13.3 Å². The van der Waals surface area contributed by atoms with Crippen molar-refractivity contribution in [2.45, 2.75) is 51.2 Å². The van der Waals surface area contributed by atoms with Crippen molar-refractivity contribution in [2.24, 2.45) is 5.92 Å². The van der Waals surface area contributed by atoms with Crippen LogP contribution in [0.2, 0.25) is 0 Å². The van der Waals surface area contributed by atoms with Crippen LogP contribution in [0, 0.1) is 5.92 Å². The topological polar surface area (TPSA) is 23.5 Å². The Morgan fingerprint density at radius 3 is 2.38 bits per heavy atom. The molecule has 2 rings (SSSR count). The summed E-state index contributed by atoms with van der Waals surface area (Å²) in [4.78, 5) is 2.51. The molecule has 13 heavy (non-hydrogen) atoms. The molecule has 1 heterocycles. The minimum Gasteiger partial charge on any atom is -0.391 e. The largest absolute Gasteiger partial charge is 0.391 e. The first kappa shape index (κ1) is 9.47. The predicted octanol–water partition coefficient (Wildman–Crippen LogP) is 1.63. The molecule has 1 N–H and O–H groups in total. The monoisotopic (exact) mass is 183 g/mol. The van der Waals surface area contributed by atoms with E-state index in [9.17, 15) is 5.11 Å². The fourth-order valence-electron chi connectivity index (χ4n) is 3.01. The molecule has 0 amide bonds. The summed E-state index contributed by atoms with van der Waals surface area (Å²) < 4.78 is 0. The molecule has 0 aromatic heterocycles. The van der Waals surface area contributed by atoms with Crippen LogP contribution in [0.25, 0.3) is 0 Å². The van der Waals surface area contributed by atoms with E-state index in [1.807, 2.05) is 0 Å². The molecule has 1 saturated heterocycles. The van der Waals surface area contributed by atoms with Gasteiger partial charge in [0.05, 0.1) is 6.10 Å². The molecule has 0 unspecified atom stereocenters. The van der Waals surface area contributed by atoms with Crippen LogP contribution in [0.3, 0.4) is 0 Å². The summed E-state index contributed by atoms with van der Waals surface area (Å²) in [5, 5.41) is 9.96. The maximum absolute atomic E-state index is 9.96. The molecule has 1 saturated carbocycles. The third-order valence-electron chi connectivity index (χ3n) is 3.70. The smallest absolute Gasteiger partial charge is 0.0698 e. The minimum absolute atomic E-state index is 0.0538. The van der Waals surface area contributed by atoms with Crippen LogP contribution in [0.15, 0.2) is 0 Å². The average molecular weight is 183 g/mol. The van der Waals surface area contributed by atoms with Crippen LogP contribution in [-0.4, -0.2) is 35.2 Å². The molecule has 2 aliphatic rings. The molecular weight excluding hydrogens is 162 g/mol. The number of aliphatic hydroxyl groups excluding tert-OH is 1. The third-order valence-corrected chi connectivity index (χ3v) is 3.70. The summed E-state index contributed by atoms with van der Waals surface area (Å²) in [6, 6.07) is 0.469. The van der Waals surface area contributed by atoms with Crippen molar-refractivity contribution < 1.29 is 5.11 Å². The van der Waals surface area contributed by atoms with Gasteiger partial charge in [-0.3, -0.25) is 4.90 Å². The lowest BCUT2D eigenvalue weighted by atomic mass is 9.83. The van der Waals surface area contributed by atoms with Gasteiger partial charge in [0.2, 0.25) is 0 Å². The van der Waals surface area contributed by atoms with E-state index in [4.69, 9.17) is 0 Å². The third kappa shape index (κ3) is 1.89. The maximum Gasteiger partial charge on any atom is 0.0698 e. The molecule has 1 aliphatic carbocycles. The average Bonchev–Trinajstić information content (AvgIpc) is 2.57. The highest BCUT2D eigenvalue weighted by molar-refractivity contribution is 4.89. The van der Waals surface area contributed by atoms with Crippen molar-refractivity contribution in [3.05, 3.63) is 0 Å². The Bertz CT molecular complexity index is 155. The molecule has 2 fully saturated rings. The SMILES string of the molecule is C[C@@H]1CCC[C@H](O)[C@H]1N1CCCC1. The highest BCUT2D eigenvalue weighted by Gasteiger charge is 2.34. The van der Waals surface area contributed by atoms with E-state index >= 15 is 0 Å². The number of likely N-dealkylation sites (tertiary alicyclic amines) is 1. The van der Waals surface area contributed by atoms with E-state index in [0.29, 0.717) is 12.0 Å². The van der Waals surface area contributed by atoms with Gasteiger partial charge in [0.1, 0.15) is 0 Å².